The highest BCUT2D eigenvalue weighted by atomic mass is 16.6. The summed E-state index contributed by atoms with van der Waals surface area (Å²) in [5, 5.41) is 0. The Morgan fingerprint density at radius 1 is 1.33 bits per heavy atom. The molecule has 0 bridgehead atoms. The summed E-state index contributed by atoms with van der Waals surface area (Å²) in [6, 6.07) is 0. The second-order valence-electron chi connectivity index (χ2n) is 2.00. The largest absolute Gasteiger partial charge is 0.435 e. The normalized spacial score (nSPS) is 15.4. The first-order valence-corrected chi connectivity index (χ1v) is 3.71. The van der Waals surface area contributed by atoms with Gasteiger partial charge in [0.05, 0.1) is 32.7 Å². The Morgan fingerprint density at radius 3 is 1.83 bits per heavy atom. The lowest BCUT2D eigenvalue weighted by Gasteiger charge is -2.09. The van der Waals surface area contributed by atoms with Crippen molar-refractivity contribution in [2.45, 2.75) is 6.92 Å². The van der Waals surface area contributed by atoms with Crippen molar-refractivity contribution in [3.05, 3.63) is 12.8 Å². The molecule has 0 radical (unpaired) electrons. The van der Waals surface area contributed by atoms with Crippen molar-refractivity contribution in [3.8, 4) is 0 Å². The van der Waals surface area contributed by atoms with E-state index < -0.39 is 0 Å². The number of carbonyl (C=O) groups excluding carboxylic acids is 1. The summed E-state index contributed by atoms with van der Waals surface area (Å²) in [4.78, 5) is 9.75. The van der Waals surface area contributed by atoms with Gasteiger partial charge in [-0.1, -0.05) is 6.58 Å². The van der Waals surface area contributed by atoms with E-state index in [-0.39, 0.29) is 5.97 Å². The number of hydrogen-bond acceptors (Lipinski definition) is 4. The Labute approximate surface area is 72.1 Å². The van der Waals surface area contributed by atoms with Crippen LogP contribution in [0.15, 0.2) is 12.8 Å². The third-order valence-electron chi connectivity index (χ3n) is 0.993. The Hall–Kier alpha value is -0.870. The number of hydrogen-bond donors (Lipinski definition) is 0. The zero-order valence-corrected chi connectivity index (χ0v) is 7.25. The zero-order chi connectivity index (χ0) is 9.23. The number of rotatable bonds is 1. The summed E-state index contributed by atoms with van der Waals surface area (Å²) in [5.74, 6) is -0.329. The fourth-order valence-corrected chi connectivity index (χ4v) is 0.557. The molecular weight excluding hydrogens is 160 g/mol. The monoisotopic (exact) mass is 174 g/mol. The van der Waals surface area contributed by atoms with Gasteiger partial charge in [-0.05, 0) is 0 Å². The molecule has 0 aromatic rings. The molecule has 0 N–H and O–H groups in total. The Morgan fingerprint density at radius 2 is 1.75 bits per heavy atom. The molecular formula is C8H14O4. The van der Waals surface area contributed by atoms with Gasteiger partial charge in [0, 0.05) is 6.92 Å². The van der Waals surface area contributed by atoms with Crippen LogP contribution in [0.2, 0.25) is 0 Å². The molecule has 1 saturated heterocycles. The third kappa shape index (κ3) is 9.13. The molecule has 1 rings (SSSR count). The fraction of sp³-hybridized carbons (Fsp3) is 0.625. The SMILES string of the molecule is C1COCCO1.C=COC(C)=O. The zero-order valence-electron chi connectivity index (χ0n) is 7.25. The molecule has 1 aliphatic rings. The van der Waals surface area contributed by atoms with Crippen molar-refractivity contribution < 1.29 is 19.0 Å². The van der Waals surface area contributed by atoms with E-state index in [0.717, 1.165) is 32.7 Å². The minimum absolute atomic E-state index is 0.329. The van der Waals surface area contributed by atoms with Gasteiger partial charge in [-0.3, -0.25) is 4.79 Å². The Kier molecular flexibility index (Phi) is 7.63. The number of esters is 1. The van der Waals surface area contributed by atoms with Crippen LogP contribution < -0.4 is 0 Å². The van der Waals surface area contributed by atoms with Crippen LogP contribution in [0.25, 0.3) is 0 Å². The summed E-state index contributed by atoms with van der Waals surface area (Å²) < 4.78 is 14.1. The molecule has 0 spiro atoms. The van der Waals surface area contributed by atoms with Crippen LogP contribution in [0, 0.1) is 0 Å². The van der Waals surface area contributed by atoms with Crippen LogP contribution in [-0.2, 0) is 19.0 Å². The first-order valence-electron chi connectivity index (χ1n) is 3.71. The standard InChI is InChI=1S/C4H8O2.C4H6O2/c1-2-6-4-3-5-1;1-3-6-4(2)5/h1-4H2;3H,1H2,2H3. The number of carbonyl (C=O) groups is 1. The average Bonchev–Trinajstić information content (AvgIpc) is 2.08. The van der Waals surface area contributed by atoms with Crippen LogP contribution >= 0.6 is 0 Å². The van der Waals surface area contributed by atoms with Crippen molar-refractivity contribution >= 4 is 5.97 Å². The average molecular weight is 174 g/mol. The molecule has 1 aliphatic heterocycles. The van der Waals surface area contributed by atoms with Crippen LogP contribution in [0.1, 0.15) is 6.92 Å². The van der Waals surface area contributed by atoms with Crippen molar-refractivity contribution in [1.82, 2.24) is 0 Å². The Bertz CT molecular complexity index is 118. The molecule has 0 atom stereocenters. The van der Waals surface area contributed by atoms with Gasteiger partial charge in [-0.15, -0.1) is 0 Å². The highest BCUT2D eigenvalue weighted by Gasteiger charge is 1.94. The van der Waals surface area contributed by atoms with Gasteiger partial charge in [0.1, 0.15) is 0 Å². The molecule has 70 valence electrons. The van der Waals surface area contributed by atoms with E-state index in [1.54, 1.807) is 0 Å². The highest BCUT2D eigenvalue weighted by molar-refractivity contribution is 5.66. The minimum Gasteiger partial charge on any atom is -0.435 e. The predicted octanol–water partition coefficient (Wildman–Crippen LogP) is 0.726. The van der Waals surface area contributed by atoms with Crippen molar-refractivity contribution in [3.63, 3.8) is 0 Å². The summed E-state index contributed by atoms with van der Waals surface area (Å²) >= 11 is 0. The summed E-state index contributed by atoms with van der Waals surface area (Å²) in [7, 11) is 0. The predicted molar refractivity (Wildman–Crippen MR) is 43.6 cm³/mol. The first kappa shape index (κ1) is 11.1. The molecule has 0 saturated carbocycles. The second-order valence-corrected chi connectivity index (χ2v) is 2.00. The van der Waals surface area contributed by atoms with Crippen LogP contribution in [0.3, 0.4) is 0 Å². The quantitative estimate of drug-likeness (QED) is 0.434. The topological polar surface area (TPSA) is 44.8 Å². The summed E-state index contributed by atoms with van der Waals surface area (Å²) in [6.07, 6.45) is 1.10. The van der Waals surface area contributed by atoms with Gasteiger partial charge in [0.2, 0.25) is 0 Å². The van der Waals surface area contributed by atoms with E-state index in [4.69, 9.17) is 9.47 Å². The van der Waals surface area contributed by atoms with Crippen molar-refractivity contribution in [2.24, 2.45) is 0 Å². The van der Waals surface area contributed by atoms with Crippen molar-refractivity contribution in [1.29, 1.82) is 0 Å². The molecule has 1 fully saturated rings. The lowest BCUT2D eigenvalue weighted by Crippen LogP contribution is -2.16. The van der Waals surface area contributed by atoms with E-state index in [0.29, 0.717) is 0 Å². The summed E-state index contributed by atoms with van der Waals surface area (Å²) in [5.41, 5.74) is 0. The lowest BCUT2D eigenvalue weighted by atomic mass is 10.6. The first-order chi connectivity index (χ1) is 5.77. The molecule has 0 aromatic carbocycles. The van der Waals surface area contributed by atoms with E-state index in [9.17, 15) is 4.79 Å². The smallest absolute Gasteiger partial charge is 0.307 e. The van der Waals surface area contributed by atoms with Gasteiger partial charge in [-0.2, -0.15) is 0 Å². The maximum Gasteiger partial charge on any atom is 0.307 e. The van der Waals surface area contributed by atoms with Crippen LogP contribution in [-0.4, -0.2) is 32.4 Å². The number of ether oxygens (including phenoxy) is 3. The lowest BCUT2D eigenvalue weighted by molar-refractivity contribution is -0.135. The van der Waals surface area contributed by atoms with Crippen LogP contribution in [0.4, 0.5) is 0 Å². The van der Waals surface area contributed by atoms with Gasteiger partial charge >= 0.3 is 5.97 Å². The molecule has 0 aromatic heterocycles. The molecule has 0 amide bonds. The van der Waals surface area contributed by atoms with E-state index >= 15 is 0 Å². The van der Waals surface area contributed by atoms with E-state index in [2.05, 4.69) is 11.3 Å². The molecule has 0 unspecified atom stereocenters. The third-order valence-corrected chi connectivity index (χ3v) is 0.993. The second kappa shape index (κ2) is 8.23. The van der Waals surface area contributed by atoms with Gasteiger partial charge in [0.25, 0.3) is 0 Å². The highest BCUT2D eigenvalue weighted by Crippen LogP contribution is 1.85. The van der Waals surface area contributed by atoms with Crippen molar-refractivity contribution in [2.75, 3.05) is 26.4 Å². The molecule has 4 heteroatoms. The van der Waals surface area contributed by atoms with E-state index in [1.807, 2.05) is 0 Å². The van der Waals surface area contributed by atoms with Gasteiger partial charge < -0.3 is 14.2 Å². The molecule has 12 heavy (non-hydrogen) atoms. The molecule has 4 nitrogen and oxygen atoms in total. The maximum absolute atomic E-state index is 9.75. The van der Waals surface area contributed by atoms with E-state index in [1.165, 1.54) is 6.92 Å². The Balaban J connectivity index is 0.000000202. The minimum atomic E-state index is -0.329. The molecule has 0 aliphatic carbocycles. The molecule has 1 heterocycles. The van der Waals surface area contributed by atoms with Gasteiger partial charge in [-0.25, -0.2) is 0 Å². The fourth-order valence-electron chi connectivity index (χ4n) is 0.557. The van der Waals surface area contributed by atoms with Crippen LogP contribution in [0.5, 0.6) is 0 Å². The summed E-state index contributed by atoms with van der Waals surface area (Å²) in [6.45, 7) is 7.59. The van der Waals surface area contributed by atoms with Gasteiger partial charge in [0.15, 0.2) is 0 Å². The maximum atomic E-state index is 9.75.